The predicted octanol–water partition coefficient (Wildman–Crippen LogP) is 1.94. The Morgan fingerprint density at radius 3 is 2.42 bits per heavy atom. The minimum atomic E-state index is -3.76. The predicted molar refractivity (Wildman–Crippen MR) is 111 cm³/mol. The normalized spacial score (nSPS) is 18.5. The molecule has 2 aliphatic heterocycles. The second kappa shape index (κ2) is 7.93. The van der Waals surface area contributed by atoms with Gasteiger partial charge >= 0.3 is 0 Å². The summed E-state index contributed by atoms with van der Waals surface area (Å²) in [5, 5.41) is 2.86. The van der Waals surface area contributed by atoms with Crippen LogP contribution in [0.5, 0.6) is 11.5 Å². The average molecular weight is 447 g/mol. The zero-order valence-corrected chi connectivity index (χ0v) is 17.9. The molecule has 0 atom stereocenters. The molecule has 2 heterocycles. The molecule has 1 spiro atoms. The van der Waals surface area contributed by atoms with E-state index in [0.29, 0.717) is 29.9 Å². The van der Waals surface area contributed by atoms with Gasteiger partial charge in [0.05, 0.1) is 19.1 Å². The van der Waals surface area contributed by atoms with Crippen molar-refractivity contribution in [3.05, 3.63) is 53.8 Å². The highest BCUT2D eigenvalue weighted by Crippen LogP contribution is 2.34. The first-order valence-electron chi connectivity index (χ1n) is 9.68. The van der Waals surface area contributed by atoms with Gasteiger partial charge in [-0.1, -0.05) is 12.1 Å². The maximum absolute atomic E-state index is 13.5. The maximum atomic E-state index is 13.5. The molecule has 1 N–H and O–H groups in total. The van der Waals surface area contributed by atoms with E-state index in [1.807, 2.05) is 0 Å². The van der Waals surface area contributed by atoms with Gasteiger partial charge < -0.3 is 14.8 Å². The van der Waals surface area contributed by atoms with E-state index in [0.717, 1.165) is 0 Å². The van der Waals surface area contributed by atoms with Crippen molar-refractivity contribution in [1.82, 2.24) is 9.62 Å². The molecule has 10 heteroatoms. The molecule has 0 unspecified atom stereocenters. The largest absolute Gasteiger partial charge is 0.493 e. The van der Waals surface area contributed by atoms with Crippen LogP contribution in [0.15, 0.2) is 52.4 Å². The number of nitrogens with one attached hydrogen (secondary N) is 1. The second-order valence-corrected chi connectivity index (χ2v) is 9.32. The number of amides is 1. The van der Waals surface area contributed by atoms with E-state index >= 15 is 0 Å². The minimum Gasteiger partial charge on any atom is -0.493 e. The number of methoxy groups -OCH3 is 2. The SMILES string of the molecule is COc1ccc(S(=O)(=O)N2CCC3(CC2)N=C(c2cccc(F)c2)C(=O)N3)cc1OC. The lowest BCUT2D eigenvalue weighted by atomic mass is 10.00. The van der Waals surface area contributed by atoms with Crippen LogP contribution in [0.25, 0.3) is 0 Å². The van der Waals surface area contributed by atoms with Crippen LogP contribution in [0.3, 0.4) is 0 Å². The smallest absolute Gasteiger partial charge is 0.272 e. The number of carbonyl (C=O) groups is 1. The molecule has 31 heavy (non-hydrogen) atoms. The molecule has 0 radical (unpaired) electrons. The number of nitrogens with zero attached hydrogens (tertiary/aromatic N) is 2. The molecular formula is C21H22FN3O5S. The van der Waals surface area contributed by atoms with E-state index in [1.54, 1.807) is 12.1 Å². The molecule has 2 aliphatic rings. The van der Waals surface area contributed by atoms with Gasteiger partial charge in [-0.05, 0) is 24.3 Å². The highest BCUT2D eigenvalue weighted by Gasteiger charge is 2.44. The first kappa shape index (κ1) is 21.3. The Bertz CT molecular complexity index is 1160. The van der Waals surface area contributed by atoms with Crippen LogP contribution in [0.1, 0.15) is 18.4 Å². The number of sulfonamides is 1. The van der Waals surface area contributed by atoms with Gasteiger partial charge in [-0.25, -0.2) is 12.8 Å². The molecule has 1 amide bonds. The molecule has 0 saturated carbocycles. The molecule has 0 aliphatic carbocycles. The number of hydrogen-bond donors (Lipinski definition) is 1. The molecule has 0 bridgehead atoms. The number of halogens is 1. The van der Waals surface area contributed by atoms with Crippen LogP contribution in [0.4, 0.5) is 4.39 Å². The zero-order valence-electron chi connectivity index (χ0n) is 17.1. The van der Waals surface area contributed by atoms with Crippen molar-refractivity contribution in [3.8, 4) is 11.5 Å². The highest BCUT2D eigenvalue weighted by atomic mass is 32.2. The van der Waals surface area contributed by atoms with Gasteiger partial charge in [-0.2, -0.15) is 4.31 Å². The molecule has 164 valence electrons. The van der Waals surface area contributed by atoms with Gasteiger partial charge in [-0.3, -0.25) is 9.79 Å². The Kier molecular flexibility index (Phi) is 5.44. The van der Waals surface area contributed by atoms with Crippen LogP contribution >= 0.6 is 0 Å². The summed E-state index contributed by atoms with van der Waals surface area (Å²) in [5.74, 6) is -0.0806. The topological polar surface area (TPSA) is 97.3 Å². The van der Waals surface area contributed by atoms with Crippen molar-refractivity contribution in [1.29, 1.82) is 0 Å². The summed E-state index contributed by atoms with van der Waals surface area (Å²) in [6.45, 7) is 0.355. The highest BCUT2D eigenvalue weighted by molar-refractivity contribution is 7.89. The van der Waals surface area contributed by atoms with Gasteiger partial charge in [-0.15, -0.1) is 0 Å². The number of carbonyl (C=O) groups excluding carboxylic acids is 1. The standard InChI is InChI=1S/C21H22FN3O5S/c1-29-17-7-6-16(13-18(17)30-2)31(27,28)25-10-8-21(9-11-25)23-19(20(26)24-21)14-4-3-5-15(22)12-14/h3-7,12-13H,8-11H2,1-2H3,(H,24,26). The van der Waals surface area contributed by atoms with E-state index in [4.69, 9.17) is 9.47 Å². The molecule has 1 fully saturated rings. The summed E-state index contributed by atoms with van der Waals surface area (Å²) >= 11 is 0. The molecule has 2 aromatic carbocycles. The van der Waals surface area contributed by atoms with E-state index in [2.05, 4.69) is 10.3 Å². The van der Waals surface area contributed by atoms with E-state index in [1.165, 1.54) is 48.9 Å². The fourth-order valence-corrected chi connectivity index (χ4v) is 5.31. The van der Waals surface area contributed by atoms with Gasteiger partial charge in [0.15, 0.2) is 11.5 Å². The van der Waals surface area contributed by atoms with Crippen LogP contribution < -0.4 is 14.8 Å². The van der Waals surface area contributed by atoms with Crippen LogP contribution in [0.2, 0.25) is 0 Å². The van der Waals surface area contributed by atoms with Gasteiger partial charge in [0.2, 0.25) is 10.0 Å². The third-order valence-electron chi connectivity index (χ3n) is 5.53. The first-order valence-corrected chi connectivity index (χ1v) is 11.1. The number of benzene rings is 2. The Morgan fingerprint density at radius 2 is 1.77 bits per heavy atom. The average Bonchev–Trinajstić information content (AvgIpc) is 3.09. The summed E-state index contributed by atoms with van der Waals surface area (Å²) in [7, 11) is -0.847. The lowest BCUT2D eigenvalue weighted by Crippen LogP contribution is -2.52. The summed E-state index contributed by atoms with van der Waals surface area (Å²) in [5.41, 5.74) is -0.326. The van der Waals surface area contributed by atoms with Crippen LogP contribution in [-0.4, -0.2) is 57.3 Å². The van der Waals surface area contributed by atoms with Gasteiger partial charge in [0, 0.05) is 37.6 Å². The van der Waals surface area contributed by atoms with Crippen LogP contribution in [0, 0.1) is 5.82 Å². The third-order valence-corrected chi connectivity index (χ3v) is 7.42. The van der Waals surface area contributed by atoms with Crippen molar-refractivity contribution in [2.45, 2.75) is 23.4 Å². The monoisotopic (exact) mass is 447 g/mol. The van der Waals surface area contributed by atoms with Gasteiger partial charge in [0.25, 0.3) is 5.91 Å². The van der Waals surface area contributed by atoms with Crippen molar-refractivity contribution in [2.75, 3.05) is 27.3 Å². The second-order valence-electron chi connectivity index (χ2n) is 7.38. The van der Waals surface area contributed by atoms with E-state index < -0.39 is 21.5 Å². The lowest BCUT2D eigenvalue weighted by Gasteiger charge is -2.36. The van der Waals surface area contributed by atoms with Crippen LogP contribution in [-0.2, 0) is 14.8 Å². The summed E-state index contributed by atoms with van der Waals surface area (Å²) in [4.78, 5) is 17.1. The lowest BCUT2D eigenvalue weighted by molar-refractivity contribution is -0.115. The number of piperidine rings is 1. The summed E-state index contributed by atoms with van der Waals surface area (Å²) < 4.78 is 51.5. The number of ether oxygens (including phenoxy) is 2. The van der Waals surface area contributed by atoms with E-state index in [9.17, 15) is 17.6 Å². The molecule has 0 aromatic heterocycles. The Balaban J connectivity index is 1.54. The van der Waals surface area contributed by atoms with Crippen molar-refractivity contribution in [2.24, 2.45) is 4.99 Å². The van der Waals surface area contributed by atoms with E-state index in [-0.39, 0.29) is 29.6 Å². The molecule has 4 rings (SSSR count). The molecule has 1 saturated heterocycles. The number of hydrogen-bond acceptors (Lipinski definition) is 6. The minimum absolute atomic E-state index is 0.0977. The number of aliphatic imine (C=N–C) groups is 1. The molecular weight excluding hydrogens is 425 g/mol. The Labute approximate surface area is 179 Å². The van der Waals surface area contributed by atoms with Crippen molar-refractivity contribution in [3.63, 3.8) is 0 Å². The Morgan fingerprint density at radius 1 is 1.06 bits per heavy atom. The fourth-order valence-electron chi connectivity index (χ4n) is 3.85. The Hall–Kier alpha value is -2.98. The maximum Gasteiger partial charge on any atom is 0.272 e. The fraction of sp³-hybridized carbons (Fsp3) is 0.333. The summed E-state index contributed by atoms with van der Waals surface area (Å²) in [6.07, 6.45) is 0.619. The number of rotatable bonds is 5. The summed E-state index contributed by atoms with van der Waals surface area (Å²) in [6, 6.07) is 10.1. The zero-order chi connectivity index (χ0) is 22.2. The molecule has 8 nitrogen and oxygen atoms in total. The van der Waals surface area contributed by atoms with Crippen molar-refractivity contribution < 1.29 is 27.1 Å². The quantitative estimate of drug-likeness (QED) is 0.756. The first-order chi connectivity index (χ1) is 14.8. The molecule has 2 aromatic rings. The third kappa shape index (κ3) is 3.88. The van der Waals surface area contributed by atoms with Crippen molar-refractivity contribution >= 4 is 21.6 Å². The van der Waals surface area contributed by atoms with Gasteiger partial charge in [0.1, 0.15) is 17.2 Å².